The predicted molar refractivity (Wildman–Crippen MR) is 62.9 cm³/mol. The minimum Gasteiger partial charge on any atom is -0.365 e. The molecule has 0 fully saturated rings. The molecule has 1 aromatic rings. The fourth-order valence-electron chi connectivity index (χ4n) is 1.42. The number of hydrogen-bond donors (Lipinski definition) is 2. The first kappa shape index (κ1) is 11.9. The van der Waals surface area contributed by atoms with Gasteiger partial charge in [-0.3, -0.25) is 4.98 Å². The van der Waals surface area contributed by atoms with Crippen molar-refractivity contribution in [2.45, 2.75) is 39.7 Å². The molecule has 1 aromatic heterocycles. The monoisotopic (exact) mass is 208 g/mol. The zero-order chi connectivity index (χ0) is 11.3. The van der Waals surface area contributed by atoms with Crippen molar-refractivity contribution in [2.75, 3.05) is 11.9 Å². The third kappa shape index (κ3) is 3.47. The van der Waals surface area contributed by atoms with E-state index in [1.54, 1.807) is 6.20 Å². The summed E-state index contributed by atoms with van der Waals surface area (Å²) in [5, 5.41) is 3.30. The van der Waals surface area contributed by atoms with Crippen molar-refractivity contribution in [3.05, 3.63) is 17.6 Å². The van der Waals surface area contributed by atoms with Crippen LogP contribution in [-0.4, -0.2) is 22.6 Å². The Kier molecular flexibility index (Phi) is 4.49. The Morgan fingerprint density at radius 1 is 1.40 bits per heavy atom. The van der Waals surface area contributed by atoms with E-state index in [-0.39, 0.29) is 0 Å². The van der Waals surface area contributed by atoms with Gasteiger partial charge in [0.05, 0.1) is 17.6 Å². The molecule has 0 aliphatic carbocycles. The Morgan fingerprint density at radius 3 is 2.67 bits per heavy atom. The molecule has 4 nitrogen and oxygen atoms in total. The van der Waals surface area contributed by atoms with Gasteiger partial charge in [-0.05, 0) is 20.3 Å². The molecule has 0 amide bonds. The van der Waals surface area contributed by atoms with Crippen molar-refractivity contribution in [1.29, 1.82) is 0 Å². The summed E-state index contributed by atoms with van der Waals surface area (Å²) >= 11 is 0. The molecule has 0 aromatic carbocycles. The van der Waals surface area contributed by atoms with E-state index < -0.39 is 0 Å². The van der Waals surface area contributed by atoms with Crippen LogP contribution in [0.25, 0.3) is 0 Å². The minimum absolute atomic E-state index is 0.298. The number of rotatable bonds is 5. The number of nitrogens with two attached hydrogens (primary N) is 1. The Bertz CT molecular complexity index is 311. The van der Waals surface area contributed by atoms with Gasteiger partial charge in [-0.15, -0.1) is 0 Å². The number of nitrogens with one attached hydrogen (secondary N) is 1. The predicted octanol–water partition coefficient (Wildman–Crippen LogP) is 1.63. The SMILES string of the molecule is CCCC(CN)Nc1cnc(C)c(C)n1. The average Bonchev–Trinajstić information content (AvgIpc) is 2.23. The average molecular weight is 208 g/mol. The molecule has 0 aliphatic rings. The lowest BCUT2D eigenvalue weighted by atomic mass is 10.2. The van der Waals surface area contributed by atoms with E-state index in [9.17, 15) is 0 Å². The van der Waals surface area contributed by atoms with Gasteiger partial charge >= 0.3 is 0 Å². The second kappa shape index (κ2) is 5.66. The summed E-state index contributed by atoms with van der Waals surface area (Å²) in [5.74, 6) is 0.821. The quantitative estimate of drug-likeness (QED) is 0.772. The van der Waals surface area contributed by atoms with Gasteiger partial charge in [0.1, 0.15) is 5.82 Å². The molecule has 84 valence electrons. The lowest BCUT2D eigenvalue weighted by molar-refractivity contribution is 0.645. The summed E-state index contributed by atoms with van der Waals surface area (Å²) in [6, 6.07) is 0.298. The number of nitrogens with zero attached hydrogens (tertiary/aromatic N) is 2. The Labute approximate surface area is 91.3 Å². The summed E-state index contributed by atoms with van der Waals surface area (Å²) in [6.45, 7) is 6.70. The van der Waals surface area contributed by atoms with E-state index in [0.717, 1.165) is 30.0 Å². The van der Waals surface area contributed by atoms with E-state index in [1.165, 1.54) is 0 Å². The van der Waals surface area contributed by atoms with Crippen LogP contribution in [0.2, 0.25) is 0 Å². The van der Waals surface area contributed by atoms with E-state index in [1.807, 2.05) is 13.8 Å². The van der Waals surface area contributed by atoms with Crippen LogP contribution in [-0.2, 0) is 0 Å². The first-order chi connectivity index (χ1) is 7.17. The molecule has 1 rings (SSSR count). The van der Waals surface area contributed by atoms with E-state index in [2.05, 4.69) is 22.2 Å². The second-order valence-corrected chi connectivity index (χ2v) is 3.79. The number of aromatic nitrogens is 2. The van der Waals surface area contributed by atoms with Crippen molar-refractivity contribution in [2.24, 2.45) is 5.73 Å². The van der Waals surface area contributed by atoms with Crippen LogP contribution < -0.4 is 11.1 Å². The van der Waals surface area contributed by atoms with Gasteiger partial charge in [0, 0.05) is 12.6 Å². The maximum Gasteiger partial charge on any atom is 0.145 e. The van der Waals surface area contributed by atoms with Crippen LogP contribution in [0.5, 0.6) is 0 Å². The van der Waals surface area contributed by atoms with Gasteiger partial charge in [-0.2, -0.15) is 0 Å². The van der Waals surface area contributed by atoms with Crippen molar-refractivity contribution >= 4 is 5.82 Å². The molecule has 1 unspecified atom stereocenters. The molecule has 1 heterocycles. The van der Waals surface area contributed by atoms with Gasteiger partial charge in [0.25, 0.3) is 0 Å². The summed E-state index contributed by atoms with van der Waals surface area (Å²) in [5.41, 5.74) is 7.60. The zero-order valence-electron chi connectivity index (χ0n) is 9.75. The maximum atomic E-state index is 5.66. The van der Waals surface area contributed by atoms with Crippen LogP contribution in [0.4, 0.5) is 5.82 Å². The smallest absolute Gasteiger partial charge is 0.145 e. The summed E-state index contributed by atoms with van der Waals surface area (Å²) in [4.78, 5) is 8.67. The lowest BCUT2D eigenvalue weighted by Crippen LogP contribution is -2.29. The topological polar surface area (TPSA) is 63.8 Å². The van der Waals surface area contributed by atoms with Crippen LogP contribution >= 0.6 is 0 Å². The Hall–Kier alpha value is -1.16. The largest absolute Gasteiger partial charge is 0.365 e. The van der Waals surface area contributed by atoms with Crippen LogP contribution in [0, 0.1) is 13.8 Å². The highest BCUT2D eigenvalue weighted by Gasteiger charge is 2.06. The normalized spacial score (nSPS) is 12.5. The van der Waals surface area contributed by atoms with Gasteiger partial charge < -0.3 is 11.1 Å². The Morgan fingerprint density at radius 2 is 2.13 bits per heavy atom. The van der Waals surface area contributed by atoms with Gasteiger partial charge in [-0.25, -0.2) is 4.98 Å². The molecule has 1 atom stereocenters. The highest BCUT2D eigenvalue weighted by atomic mass is 15.0. The van der Waals surface area contributed by atoms with Crippen molar-refractivity contribution < 1.29 is 0 Å². The minimum atomic E-state index is 0.298. The standard InChI is InChI=1S/C11H20N4/c1-4-5-10(6-12)15-11-7-13-8(2)9(3)14-11/h7,10H,4-6,12H2,1-3H3,(H,14,15). The van der Waals surface area contributed by atoms with Crippen molar-refractivity contribution in [1.82, 2.24) is 9.97 Å². The first-order valence-electron chi connectivity index (χ1n) is 5.44. The van der Waals surface area contributed by atoms with Crippen molar-refractivity contribution in [3.63, 3.8) is 0 Å². The summed E-state index contributed by atoms with van der Waals surface area (Å²) in [7, 11) is 0. The molecular formula is C11H20N4. The van der Waals surface area contributed by atoms with Crippen LogP contribution in [0.3, 0.4) is 0 Å². The number of aryl methyl sites for hydroxylation is 2. The summed E-state index contributed by atoms with van der Waals surface area (Å²) < 4.78 is 0. The van der Waals surface area contributed by atoms with E-state index in [4.69, 9.17) is 5.73 Å². The van der Waals surface area contributed by atoms with Gasteiger partial charge in [0.2, 0.25) is 0 Å². The van der Waals surface area contributed by atoms with Gasteiger partial charge in [-0.1, -0.05) is 13.3 Å². The molecule has 0 radical (unpaired) electrons. The highest BCUT2D eigenvalue weighted by molar-refractivity contribution is 5.34. The fraction of sp³-hybridized carbons (Fsp3) is 0.636. The molecule has 0 spiro atoms. The maximum absolute atomic E-state index is 5.66. The molecule has 0 bridgehead atoms. The third-order valence-electron chi connectivity index (χ3n) is 2.47. The Balaban J connectivity index is 2.66. The van der Waals surface area contributed by atoms with Gasteiger partial charge in [0.15, 0.2) is 0 Å². The molecule has 15 heavy (non-hydrogen) atoms. The van der Waals surface area contributed by atoms with Crippen LogP contribution in [0.1, 0.15) is 31.2 Å². The summed E-state index contributed by atoms with van der Waals surface area (Å²) in [6.07, 6.45) is 3.94. The highest BCUT2D eigenvalue weighted by Crippen LogP contribution is 2.08. The molecule has 4 heteroatoms. The number of hydrogen-bond acceptors (Lipinski definition) is 4. The van der Waals surface area contributed by atoms with Crippen LogP contribution in [0.15, 0.2) is 6.20 Å². The zero-order valence-corrected chi connectivity index (χ0v) is 9.75. The molecule has 3 N–H and O–H groups in total. The first-order valence-corrected chi connectivity index (χ1v) is 5.44. The second-order valence-electron chi connectivity index (χ2n) is 3.79. The third-order valence-corrected chi connectivity index (χ3v) is 2.47. The number of anilines is 1. The lowest BCUT2D eigenvalue weighted by Gasteiger charge is -2.16. The van der Waals surface area contributed by atoms with E-state index in [0.29, 0.717) is 12.6 Å². The molecule has 0 saturated heterocycles. The fourth-order valence-corrected chi connectivity index (χ4v) is 1.42. The molecule has 0 saturated carbocycles. The van der Waals surface area contributed by atoms with Crippen molar-refractivity contribution in [3.8, 4) is 0 Å². The molecule has 0 aliphatic heterocycles. The van der Waals surface area contributed by atoms with E-state index >= 15 is 0 Å². The molecular weight excluding hydrogens is 188 g/mol.